The van der Waals surface area contributed by atoms with Crippen LogP contribution >= 0.6 is 0 Å². The number of nitrogens with zero attached hydrogens (tertiary/aromatic N) is 3. The lowest BCUT2D eigenvalue weighted by atomic mass is 10.1. The van der Waals surface area contributed by atoms with Crippen LogP contribution in [0.1, 0.15) is 25.5 Å². The summed E-state index contributed by atoms with van der Waals surface area (Å²) in [7, 11) is 1.66. The van der Waals surface area contributed by atoms with E-state index in [1.165, 1.54) is 4.68 Å². The lowest BCUT2D eigenvalue weighted by Gasteiger charge is -2.10. The van der Waals surface area contributed by atoms with Gasteiger partial charge in [0.15, 0.2) is 0 Å². The molecule has 0 amide bonds. The molecule has 0 saturated carbocycles. The molecule has 1 aromatic heterocycles. The van der Waals surface area contributed by atoms with Gasteiger partial charge in [0.05, 0.1) is 10.6 Å². The van der Waals surface area contributed by atoms with E-state index in [2.05, 4.69) is 0 Å². The van der Waals surface area contributed by atoms with Gasteiger partial charge < -0.3 is 0 Å². The third kappa shape index (κ3) is 2.05. The zero-order valence-corrected chi connectivity index (χ0v) is 11.0. The van der Waals surface area contributed by atoms with Crippen LogP contribution in [0.2, 0.25) is 0 Å². The van der Waals surface area contributed by atoms with Gasteiger partial charge in [0.2, 0.25) is 0 Å². The van der Waals surface area contributed by atoms with E-state index in [0.717, 1.165) is 0 Å². The molecule has 19 heavy (non-hydrogen) atoms. The smallest absolute Gasteiger partial charge is 0.278 e. The van der Waals surface area contributed by atoms with Gasteiger partial charge in [-0.2, -0.15) is 0 Å². The van der Waals surface area contributed by atoms with Gasteiger partial charge in [-0.3, -0.25) is 19.6 Å². The van der Waals surface area contributed by atoms with Crippen molar-refractivity contribution in [2.45, 2.75) is 19.8 Å². The fourth-order valence-corrected chi connectivity index (χ4v) is 2.29. The van der Waals surface area contributed by atoms with Crippen molar-refractivity contribution < 1.29 is 4.92 Å². The second-order valence-electron chi connectivity index (χ2n) is 4.62. The summed E-state index contributed by atoms with van der Waals surface area (Å²) in [6.45, 7) is 3.66. The molecule has 0 aliphatic rings. The summed E-state index contributed by atoms with van der Waals surface area (Å²) in [6.07, 6.45) is 0. The van der Waals surface area contributed by atoms with E-state index in [9.17, 15) is 14.9 Å². The first-order chi connectivity index (χ1) is 8.95. The minimum Gasteiger partial charge on any atom is -0.278 e. The predicted molar refractivity (Wildman–Crippen MR) is 71.8 cm³/mol. The Bertz CT molecular complexity index is 668. The highest BCUT2D eigenvalue weighted by atomic mass is 16.6. The molecule has 0 fully saturated rings. The number of benzene rings is 1. The van der Waals surface area contributed by atoms with E-state index in [1.54, 1.807) is 36.0 Å². The van der Waals surface area contributed by atoms with Crippen LogP contribution in [0.4, 0.5) is 5.69 Å². The van der Waals surface area contributed by atoms with Crippen LogP contribution in [0, 0.1) is 10.1 Å². The number of aromatic nitrogens is 2. The fourth-order valence-electron chi connectivity index (χ4n) is 2.29. The van der Waals surface area contributed by atoms with Gasteiger partial charge in [0, 0.05) is 13.0 Å². The SMILES string of the molecule is CC(C)c1c([N+](=O)[O-])c(=O)n(-c2ccccc2)n1C. The van der Waals surface area contributed by atoms with E-state index in [1.807, 2.05) is 19.9 Å². The Labute approximate surface area is 110 Å². The Hall–Kier alpha value is -2.37. The summed E-state index contributed by atoms with van der Waals surface area (Å²) in [6, 6.07) is 8.89. The summed E-state index contributed by atoms with van der Waals surface area (Å²) in [4.78, 5) is 22.8. The zero-order chi connectivity index (χ0) is 14.2. The fraction of sp³-hybridized carbons (Fsp3) is 0.308. The van der Waals surface area contributed by atoms with Crippen molar-refractivity contribution in [3.63, 3.8) is 0 Å². The molecule has 0 unspecified atom stereocenters. The Morgan fingerprint density at radius 3 is 2.21 bits per heavy atom. The molecule has 100 valence electrons. The molecule has 0 N–H and O–H groups in total. The highest BCUT2D eigenvalue weighted by molar-refractivity contribution is 5.41. The van der Waals surface area contributed by atoms with E-state index < -0.39 is 10.5 Å². The number of hydrogen-bond donors (Lipinski definition) is 0. The minimum absolute atomic E-state index is 0.108. The van der Waals surface area contributed by atoms with Crippen LogP contribution in [-0.2, 0) is 7.05 Å². The van der Waals surface area contributed by atoms with Crippen molar-refractivity contribution >= 4 is 5.69 Å². The van der Waals surface area contributed by atoms with Crippen molar-refractivity contribution in [2.75, 3.05) is 0 Å². The van der Waals surface area contributed by atoms with Crippen molar-refractivity contribution in [2.24, 2.45) is 7.05 Å². The monoisotopic (exact) mass is 261 g/mol. The Morgan fingerprint density at radius 1 is 1.21 bits per heavy atom. The summed E-state index contributed by atoms with van der Waals surface area (Å²) in [5, 5.41) is 11.1. The van der Waals surface area contributed by atoms with Gasteiger partial charge in [0.1, 0.15) is 5.69 Å². The van der Waals surface area contributed by atoms with Crippen molar-refractivity contribution in [3.8, 4) is 5.69 Å². The average Bonchev–Trinajstić information content (AvgIpc) is 2.62. The molecule has 0 aliphatic carbocycles. The first-order valence-corrected chi connectivity index (χ1v) is 5.96. The molecule has 1 aromatic carbocycles. The van der Waals surface area contributed by atoms with Crippen LogP contribution in [0.5, 0.6) is 0 Å². The Balaban J connectivity index is 2.82. The minimum atomic E-state index is -0.600. The van der Waals surface area contributed by atoms with E-state index in [4.69, 9.17) is 0 Å². The van der Waals surface area contributed by atoms with Gasteiger partial charge in [-0.1, -0.05) is 32.0 Å². The third-order valence-electron chi connectivity index (χ3n) is 3.02. The van der Waals surface area contributed by atoms with E-state index in [-0.39, 0.29) is 11.6 Å². The molecular weight excluding hydrogens is 246 g/mol. The van der Waals surface area contributed by atoms with Crippen LogP contribution in [0.25, 0.3) is 5.69 Å². The quantitative estimate of drug-likeness (QED) is 0.628. The topological polar surface area (TPSA) is 70.1 Å². The van der Waals surface area contributed by atoms with Gasteiger partial charge in [-0.05, 0) is 12.1 Å². The van der Waals surface area contributed by atoms with Crippen molar-refractivity contribution in [1.29, 1.82) is 0 Å². The number of rotatable bonds is 3. The summed E-state index contributed by atoms with van der Waals surface area (Å²) < 4.78 is 2.88. The van der Waals surface area contributed by atoms with Crippen LogP contribution in [0.3, 0.4) is 0 Å². The van der Waals surface area contributed by atoms with Crippen LogP contribution in [-0.4, -0.2) is 14.3 Å². The third-order valence-corrected chi connectivity index (χ3v) is 3.02. The number of hydrogen-bond acceptors (Lipinski definition) is 3. The second kappa shape index (κ2) is 4.72. The van der Waals surface area contributed by atoms with Crippen LogP contribution < -0.4 is 5.56 Å². The van der Waals surface area contributed by atoms with Gasteiger partial charge in [0.25, 0.3) is 0 Å². The zero-order valence-electron chi connectivity index (χ0n) is 11.0. The van der Waals surface area contributed by atoms with Gasteiger partial charge >= 0.3 is 11.2 Å². The van der Waals surface area contributed by atoms with Gasteiger partial charge in [-0.15, -0.1) is 0 Å². The molecule has 2 aromatic rings. The molecule has 0 spiro atoms. The lowest BCUT2D eigenvalue weighted by molar-refractivity contribution is -0.386. The molecule has 6 nitrogen and oxygen atoms in total. The number of nitro groups is 1. The molecule has 0 atom stereocenters. The number of para-hydroxylation sites is 1. The van der Waals surface area contributed by atoms with Gasteiger partial charge in [-0.25, -0.2) is 4.68 Å². The summed E-state index contributed by atoms with van der Waals surface area (Å²) >= 11 is 0. The Kier molecular flexibility index (Phi) is 3.25. The molecule has 1 heterocycles. The molecule has 2 rings (SSSR count). The first kappa shape index (κ1) is 13.1. The second-order valence-corrected chi connectivity index (χ2v) is 4.62. The maximum atomic E-state index is 12.3. The predicted octanol–water partition coefficient (Wildman–Crippen LogP) is 2.21. The maximum absolute atomic E-state index is 12.3. The Morgan fingerprint density at radius 2 is 1.79 bits per heavy atom. The summed E-state index contributed by atoms with van der Waals surface area (Å²) in [5.74, 6) is -0.108. The average molecular weight is 261 g/mol. The van der Waals surface area contributed by atoms with Crippen molar-refractivity contribution in [3.05, 3.63) is 56.5 Å². The molecule has 6 heteroatoms. The first-order valence-electron chi connectivity index (χ1n) is 5.96. The van der Waals surface area contributed by atoms with E-state index >= 15 is 0 Å². The maximum Gasteiger partial charge on any atom is 0.356 e. The highest BCUT2D eigenvalue weighted by Crippen LogP contribution is 2.24. The normalized spacial score (nSPS) is 10.9. The van der Waals surface area contributed by atoms with Crippen LogP contribution in [0.15, 0.2) is 35.1 Å². The molecular formula is C13H15N3O3. The molecule has 0 aliphatic heterocycles. The van der Waals surface area contributed by atoms with E-state index in [0.29, 0.717) is 11.4 Å². The van der Waals surface area contributed by atoms with Crippen molar-refractivity contribution in [1.82, 2.24) is 9.36 Å². The molecule has 0 bridgehead atoms. The molecule has 0 radical (unpaired) electrons. The lowest BCUT2D eigenvalue weighted by Crippen LogP contribution is -2.20. The molecule has 0 saturated heterocycles. The highest BCUT2D eigenvalue weighted by Gasteiger charge is 2.29. The largest absolute Gasteiger partial charge is 0.356 e. The summed E-state index contributed by atoms with van der Waals surface area (Å²) in [5.41, 5.74) is 0.104. The standard InChI is InChI=1S/C13H15N3O3/c1-9(2)11-12(16(18)19)13(17)15(14(11)3)10-7-5-4-6-8-10/h4-9H,1-3H3.